The van der Waals surface area contributed by atoms with Crippen molar-refractivity contribution in [3.63, 3.8) is 0 Å². The Morgan fingerprint density at radius 3 is 2.33 bits per heavy atom. The SMILES string of the molecule is CCCNC(=O)CN(C)CCC(OCC)OCC. The zero-order valence-corrected chi connectivity index (χ0v) is 12.2. The molecule has 1 N–H and O–H groups in total. The van der Waals surface area contributed by atoms with Gasteiger partial charge in [-0.1, -0.05) is 6.92 Å². The molecule has 0 fully saturated rings. The highest BCUT2D eigenvalue weighted by molar-refractivity contribution is 5.77. The zero-order valence-electron chi connectivity index (χ0n) is 12.2. The molecule has 0 aromatic rings. The van der Waals surface area contributed by atoms with Crippen LogP contribution in [0.1, 0.15) is 33.6 Å². The Balaban J connectivity index is 3.78. The van der Waals surface area contributed by atoms with Gasteiger partial charge in [0.2, 0.25) is 5.91 Å². The minimum absolute atomic E-state index is 0.0729. The van der Waals surface area contributed by atoms with Crippen LogP contribution in [0.4, 0.5) is 0 Å². The van der Waals surface area contributed by atoms with Gasteiger partial charge in [-0.25, -0.2) is 0 Å². The number of hydrogen-bond donors (Lipinski definition) is 1. The summed E-state index contributed by atoms with van der Waals surface area (Å²) in [5.74, 6) is 0.0729. The fourth-order valence-electron chi connectivity index (χ4n) is 1.56. The molecule has 0 aromatic heterocycles. The van der Waals surface area contributed by atoms with E-state index in [9.17, 15) is 4.79 Å². The van der Waals surface area contributed by atoms with Crippen LogP contribution in [0.15, 0.2) is 0 Å². The Bertz CT molecular complexity index is 206. The Morgan fingerprint density at radius 1 is 1.22 bits per heavy atom. The van der Waals surface area contributed by atoms with Crippen molar-refractivity contribution in [3.05, 3.63) is 0 Å². The maximum atomic E-state index is 11.5. The van der Waals surface area contributed by atoms with E-state index in [0.717, 1.165) is 25.9 Å². The van der Waals surface area contributed by atoms with Gasteiger partial charge in [0.25, 0.3) is 0 Å². The number of amides is 1. The number of nitrogens with one attached hydrogen (secondary N) is 1. The average Bonchev–Trinajstić information content (AvgIpc) is 2.34. The van der Waals surface area contributed by atoms with Crippen LogP contribution in [0.3, 0.4) is 0 Å². The van der Waals surface area contributed by atoms with Crippen LogP contribution in [-0.2, 0) is 14.3 Å². The highest BCUT2D eigenvalue weighted by atomic mass is 16.7. The molecule has 0 saturated carbocycles. The molecule has 0 bridgehead atoms. The second-order valence-electron chi connectivity index (χ2n) is 4.22. The lowest BCUT2D eigenvalue weighted by atomic mass is 10.3. The number of likely N-dealkylation sites (N-methyl/N-ethyl adjacent to an activating group) is 1. The summed E-state index contributed by atoms with van der Waals surface area (Å²) in [6, 6.07) is 0. The lowest BCUT2D eigenvalue weighted by Crippen LogP contribution is -2.37. The third kappa shape index (κ3) is 9.39. The Hall–Kier alpha value is -0.650. The fraction of sp³-hybridized carbons (Fsp3) is 0.923. The first kappa shape index (κ1) is 17.4. The van der Waals surface area contributed by atoms with Crippen LogP contribution in [0.25, 0.3) is 0 Å². The monoisotopic (exact) mass is 260 g/mol. The van der Waals surface area contributed by atoms with E-state index in [1.807, 2.05) is 32.7 Å². The second-order valence-corrected chi connectivity index (χ2v) is 4.22. The number of ether oxygens (including phenoxy) is 2. The lowest BCUT2D eigenvalue weighted by molar-refractivity contribution is -0.142. The smallest absolute Gasteiger partial charge is 0.234 e. The molecule has 0 saturated heterocycles. The molecule has 0 unspecified atom stereocenters. The predicted octanol–water partition coefficient (Wildman–Crippen LogP) is 1.23. The summed E-state index contributed by atoms with van der Waals surface area (Å²) in [4.78, 5) is 13.5. The fourth-order valence-corrected chi connectivity index (χ4v) is 1.56. The molecule has 5 nitrogen and oxygen atoms in total. The van der Waals surface area contributed by atoms with Gasteiger partial charge < -0.3 is 14.8 Å². The van der Waals surface area contributed by atoms with E-state index in [-0.39, 0.29) is 12.2 Å². The average molecular weight is 260 g/mol. The first-order valence-corrected chi connectivity index (χ1v) is 6.82. The minimum atomic E-state index is -0.166. The van der Waals surface area contributed by atoms with Gasteiger partial charge in [0.1, 0.15) is 0 Å². The van der Waals surface area contributed by atoms with Crippen LogP contribution in [-0.4, -0.2) is 57.0 Å². The van der Waals surface area contributed by atoms with Gasteiger partial charge >= 0.3 is 0 Å². The third-order valence-corrected chi connectivity index (χ3v) is 2.44. The molecule has 0 aliphatic rings. The maximum Gasteiger partial charge on any atom is 0.234 e. The van der Waals surface area contributed by atoms with E-state index in [1.165, 1.54) is 0 Å². The van der Waals surface area contributed by atoms with Crippen LogP contribution < -0.4 is 5.32 Å². The topological polar surface area (TPSA) is 50.8 Å². The number of nitrogens with zero attached hydrogens (tertiary/aromatic N) is 1. The van der Waals surface area contributed by atoms with Crippen molar-refractivity contribution in [1.29, 1.82) is 0 Å². The first-order chi connectivity index (χ1) is 8.63. The van der Waals surface area contributed by atoms with E-state index in [4.69, 9.17) is 9.47 Å². The Morgan fingerprint density at radius 2 is 1.83 bits per heavy atom. The molecule has 0 radical (unpaired) electrons. The van der Waals surface area contributed by atoms with Crippen LogP contribution >= 0.6 is 0 Å². The molecule has 5 heteroatoms. The molecule has 0 atom stereocenters. The predicted molar refractivity (Wildman–Crippen MR) is 72.5 cm³/mol. The van der Waals surface area contributed by atoms with E-state index < -0.39 is 0 Å². The molecule has 0 aliphatic heterocycles. The van der Waals surface area contributed by atoms with Crippen molar-refractivity contribution in [1.82, 2.24) is 10.2 Å². The molecular formula is C13H28N2O3. The Kier molecular flexibility index (Phi) is 11.0. The summed E-state index contributed by atoms with van der Waals surface area (Å²) in [5.41, 5.74) is 0. The van der Waals surface area contributed by atoms with Gasteiger partial charge in [-0.3, -0.25) is 9.69 Å². The lowest BCUT2D eigenvalue weighted by Gasteiger charge is -2.21. The van der Waals surface area contributed by atoms with Crippen LogP contribution in [0.2, 0.25) is 0 Å². The van der Waals surface area contributed by atoms with Gasteiger partial charge in [0.15, 0.2) is 6.29 Å². The molecule has 0 rings (SSSR count). The summed E-state index contributed by atoms with van der Waals surface area (Å²) in [7, 11) is 1.93. The summed E-state index contributed by atoms with van der Waals surface area (Å²) < 4.78 is 10.9. The van der Waals surface area contributed by atoms with Crippen LogP contribution in [0.5, 0.6) is 0 Å². The van der Waals surface area contributed by atoms with E-state index in [0.29, 0.717) is 19.8 Å². The molecule has 0 heterocycles. The first-order valence-electron chi connectivity index (χ1n) is 6.82. The molecule has 18 heavy (non-hydrogen) atoms. The van der Waals surface area contributed by atoms with Gasteiger partial charge in [0, 0.05) is 32.7 Å². The maximum absolute atomic E-state index is 11.5. The van der Waals surface area contributed by atoms with Crippen molar-refractivity contribution in [2.24, 2.45) is 0 Å². The summed E-state index contributed by atoms with van der Waals surface area (Å²) in [6.07, 6.45) is 1.58. The summed E-state index contributed by atoms with van der Waals surface area (Å²) >= 11 is 0. The minimum Gasteiger partial charge on any atom is -0.355 e. The largest absolute Gasteiger partial charge is 0.355 e. The van der Waals surface area contributed by atoms with Crippen molar-refractivity contribution >= 4 is 5.91 Å². The van der Waals surface area contributed by atoms with Crippen molar-refractivity contribution in [2.45, 2.75) is 39.9 Å². The number of carbonyl (C=O) groups excluding carboxylic acids is 1. The molecular weight excluding hydrogens is 232 g/mol. The molecule has 1 amide bonds. The number of hydrogen-bond acceptors (Lipinski definition) is 4. The van der Waals surface area contributed by atoms with Crippen molar-refractivity contribution < 1.29 is 14.3 Å². The van der Waals surface area contributed by atoms with Gasteiger partial charge in [-0.15, -0.1) is 0 Å². The van der Waals surface area contributed by atoms with Gasteiger partial charge in [0.05, 0.1) is 6.54 Å². The van der Waals surface area contributed by atoms with Gasteiger partial charge in [-0.2, -0.15) is 0 Å². The summed E-state index contributed by atoms with van der Waals surface area (Å²) in [5, 5.41) is 2.86. The van der Waals surface area contributed by atoms with Crippen LogP contribution in [0, 0.1) is 0 Å². The molecule has 0 aliphatic carbocycles. The zero-order chi connectivity index (χ0) is 13.8. The highest BCUT2D eigenvalue weighted by Crippen LogP contribution is 2.02. The quantitative estimate of drug-likeness (QED) is 0.568. The molecule has 0 aromatic carbocycles. The van der Waals surface area contributed by atoms with E-state index in [1.54, 1.807) is 0 Å². The van der Waals surface area contributed by atoms with Crippen molar-refractivity contribution in [2.75, 3.05) is 39.9 Å². The van der Waals surface area contributed by atoms with Gasteiger partial charge in [-0.05, 0) is 27.3 Å². The Labute approximate surface area is 111 Å². The third-order valence-electron chi connectivity index (χ3n) is 2.44. The number of rotatable bonds is 11. The molecule has 108 valence electrons. The van der Waals surface area contributed by atoms with Crippen molar-refractivity contribution in [3.8, 4) is 0 Å². The normalized spacial score (nSPS) is 11.2. The standard InChI is InChI=1S/C13H28N2O3/c1-5-9-14-12(16)11-15(4)10-8-13(17-6-2)18-7-3/h13H,5-11H2,1-4H3,(H,14,16). The second kappa shape index (κ2) is 11.4. The van der Waals surface area contributed by atoms with E-state index in [2.05, 4.69) is 5.32 Å². The van der Waals surface area contributed by atoms with E-state index >= 15 is 0 Å². The molecule has 0 spiro atoms. The summed E-state index contributed by atoms with van der Waals surface area (Å²) in [6.45, 7) is 9.18. The highest BCUT2D eigenvalue weighted by Gasteiger charge is 2.11. The number of carbonyl (C=O) groups is 1.